The van der Waals surface area contributed by atoms with Crippen molar-refractivity contribution < 1.29 is 44.1 Å². The minimum atomic E-state index is -1.70. The van der Waals surface area contributed by atoms with Gasteiger partial charge in [0.1, 0.15) is 23.9 Å². The van der Waals surface area contributed by atoms with Gasteiger partial charge in [0.2, 0.25) is 23.6 Å². The number of nitrogens with two attached hydrogens (primary N) is 2. The van der Waals surface area contributed by atoms with E-state index < -0.39 is 72.6 Å². The van der Waals surface area contributed by atoms with E-state index in [2.05, 4.69) is 25.9 Å². The van der Waals surface area contributed by atoms with E-state index in [1.807, 2.05) is 0 Å². The number of phenolic OH excluding ortho intramolecular Hbond substituents is 1. The van der Waals surface area contributed by atoms with Gasteiger partial charge in [-0.25, -0.2) is 9.78 Å². The normalized spacial score (nSPS) is 13.8. The SMILES string of the molecule is NC(=O)CC(NC(=O)C(Cc1ccc(O)cc1)NC(=O)C(CC(=O)O)NC(=O)C(N)Cc1cnc[nH]1)C(=O)O. The zero-order chi connectivity index (χ0) is 29.1. The maximum Gasteiger partial charge on any atom is 0.326 e. The number of nitrogens with one attached hydrogen (secondary N) is 4. The highest BCUT2D eigenvalue weighted by Crippen LogP contribution is 2.12. The highest BCUT2D eigenvalue weighted by atomic mass is 16.4. The number of aliphatic carboxylic acids is 2. The fourth-order valence-electron chi connectivity index (χ4n) is 3.41. The van der Waals surface area contributed by atoms with Crippen molar-refractivity contribution in [2.45, 2.75) is 49.9 Å². The van der Waals surface area contributed by atoms with Crippen molar-refractivity contribution in [2.75, 3.05) is 0 Å². The van der Waals surface area contributed by atoms with Crippen molar-refractivity contribution in [3.8, 4) is 5.75 Å². The first-order valence-electron chi connectivity index (χ1n) is 11.5. The minimum absolute atomic E-state index is 0.00949. The Morgan fingerprint density at radius 3 is 1.97 bits per heavy atom. The number of nitrogens with zero attached hydrogens (tertiary/aromatic N) is 1. The van der Waals surface area contributed by atoms with E-state index in [1.54, 1.807) is 0 Å². The summed E-state index contributed by atoms with van der Waals surface area (Å²) in [5.74, 6) is -7.02. The summed E-state index contributed by atoms with van der Waals surface area (Å²) in [6.45, 7) is 0. The second-order valence-corrected chi connectivity index (χ2v) is 8.55. The Morgan fingerprint density at radius 2 is 1.44 bits per heavy atom. The van der Waals surface area contributed by atoms with Crippen LogP contribution in [0.3, 0.4) is 0 Å². The fraction of sp³-hybridized carbons (Fsp3) is 0.348. The van der Waals surface area contributed by atoms with Gasteiger partial charge in [0, 0.05) is 24.7 Å². The Morgan fingerprint density at radius 1 is 0.846 bits per heavy atom. The van der Waals surface area contributed by atoms with Crippen molar-refractivity contribution in [1.82, 2.24) is 25.9 Å². The zero-order valence-electron chi connectivity index (χ0n) is 20.5. The summed E-state index contributed by atoms with van der Waals surface area (Å²) in [5.41, 5.74) is 11.8. The van der Waals surface area contributed by atoms with Gasteiger partial charge in [0.15, 0.2) is 0 Å². The Labute approximate surface area is 221 Å². The number of phenols is 1. The molecule has 4 atom stereocenters. The molecule has 16 nitrogen and oxygen atoms in total. The molecule has 4 unspecified atom stereocenters. The lowest BCUT2D eigenvalue weighted by Crippen LogP contribution is -2.58. The van der Waals surface area contributed by atoms with E-state index in [0.717, 1.165) is 0 Å². The molecule has 0 aliphatic heterocycles. The van der Waals surface area contributed by atoms with Gasteiger partial charge in [0.05, 0.1) is 25.2 Å². The number of carboxylic acid groups (broad SMARTS) is 2. The van der Waals surface area contributed by atoms with Gasteiger partial charge in [-0.15, -0.1) is 0 Å². The Kier molecular flexibility index (Phi) is 10.9. The number of imidazole rings is 1. The summed E-state index contributed by atoms with van der Waals surface area (Å²) in [6, 6.07) is -0.514. The summed E-state index contributed by atoms with van der Waals surface area (Å²) < 4.78 is 0. The summed E-state index contributed by atoms with van der Waals surface area (Å²) in [7, 11) is 0. The summed E-state index contributed by atoms with van der Waals surface area (Å²) in [4.78, 5) is 79.3. The van der Waals surface area contributed by atoms with Gasteiger partial charge < -0.3 is 47.7 Å². The van der Waals surface area contributed by atoms with Crippen molar-refractivity contribution >= 4 is 35.6 Å². The number of carbonyl (C=O) groups excluding carboxylic acids is 4. The molecule has 1 aromatic heterocycles. The smallest absolute Gasteiger partial charge is 0.326 e. The molecule has 39 heavy (non-hydrogen) atoms. The van der Waals surface area contributed by atoms with Crippen LogP contribution in [-0.4, -0.2) is 85.0 Å². The summed E-state index contributed by atoms with van der Waals surface area (Å²) in [5, 5.41) is 34.8. The molecular formula is C23H29N7O9. The van der Waals surface area contributed by atoms with Crippen LogP contribution < -0.4 is 27.4 Å². The predicted octanol–water partition coefficient (Wildman–Crippen LogP) is -2.88. The van der Waals surface area contributed by atoms with Gasteiger partial charge >= 0.3 is 11.9 Å². The lowest BCUT2D eigenvalue weighted by atomic mass is 10.0. The third kappa shape index (κ3) is 10.1. The van der Waals surface area contributed by atoms with E-state index in [9.17, 15) is 44.1 Å². The average molecular weight is 548 g/mol. The van der Waals surface area contributed by atoms with Crippen molar-refractivity contribution in [3.05, 3.63) is 48.0 Å². The molecule has 0 aliphatic carbocycles. The Balaban J connectivity index is 2.23. The number of aromatic nitrogens is 2. The molecule has 1 aromatic carbocycles. The molecule has 2 aromatic rings. The van der Waals surface area contributed by atoms with Crippen LogP contribution in [0.2, 0.25) is 0 Å². The number of amides is 4. The molecular weight excluding hydrogens is 518 g/mol. The number of rotatable bonds is 15. The molecule has 0 saturated carbocycles. The number of hydrogen-bond donors (Lipinski definition) is 9. The highest BCUT2D eigenvalue weighted by molar-refractivity contribution is 5.96. The summed E-state index contributed by atoms with van der Waals surface area (Å²) in [6.07, 6.45) is 1.000. The molecule has 0 radical (unpaired) electrons. The van der Waals surface area contributed by atoms with Crippen LogP contribution in [0.25, 0.3) is 0 Å². The number of carbonyl (C=O) groups is 6. The van der Waals surface area contributed by atoms with Crippen LogP contribution in [0.4, 0.5) is 0 Å². The summed E-state index contributed by atoms with van der Waals surface area (Å²) >= 11 is 0. The molecule has 0 fully saturated rings. The minimum Gasteiger partial charge on any atom is -0.508 e. The quantitative estimate of drug-likeness (QED) is 0.109. The van der Waals surface area contributed by atoms with Gasteiger partial charge in [0.25, 0.3) is 0 Å². The van der Waals surface area contributed by atoms with Gasteiger partial charge in [-0.3, -0.25) is 24.0 Å². The second-order valence-electron chi connectivity index (χ2n) is 8.55. The first-order valence-corrected chi connectivity index (χ1v) is 11.5. The number of primary amides is 1. The van der Waals surface area contributed by atoms with Crippen molar-refractivity contribution in [3.63, 3.8) is 0 Å². The molecule has 11 N–H and O–H groups in total. The molecule has 16 heteroatoms. The Hall–Kier alpha value is -4.99. The molecule has 1 heterocycles. The van der Waals surface area contributed by atoms with Crippen LogP contribution in [0.5, 0.6) is 5.75 Å². The predicted molar refractivity (Wildman–Crippen MR) is 132 cm³/mol. The third-order valence-electron chi connectivity index (χ3n) is 5.37. The lowest BCUT2D eigenvalue weighted by molar-refractivity contribution is -0.144. The standard InChI is InChI=1S/C23H29N7O9/c24-14(6-12-9-26-10-27-12)20(35)28-16(8-19(33)34)22(37)29-15(5-11-1-3-13(31)4-2-11)21(36)30-17(23(38)39)7-18(25)32/h1-4,9-10,14-17,31H,5-8,24H2,(H2,25,32)(H,26,27)(H,28,35)(H,29,37)(H,30,36)(H,33,34)(H,38,39). The largest absolute Gasteiger partial charge is 0.508 e. The van der Waals surface area contributed by atoms with Gasteiger partial charge in [-0.05, 0) is 17.7 Å². The Bertz CT molecular complexity index is 1190. The topological polar surface area (TPSA) is 280 Å². The molecule has 0 bridgehead atoms. The number of aromatic amines is 1. The third-order valence-corrected chi connectivity index (χ3v) is 5.37. The second kappa shape index (κ2) is 14.1. The molecule has 0 aliphatic rings. The maximum atomic E-state index is 13.1. The number of H-pyrrole nitrogens is 1. The van der Waals surface area contributed by atoms with Crippen LogP contribution in [-0.2, 0) is 41.6 Å². The van der Waals surface area contributed by atoms with Crippen LogP contribution in [0, 0.1) is 0 Å². The number of carboxylic acids is 2. The van der Waals surface area contributed by atoms with Crippen LogP contribution >= 0.6 is 0 Å². The zero-order valence-corrected chi connectivity index (χ0v) is 20.5. The average Bonchev–Trinajstić information content (AvgIpc) is 3.36. The fourth-order valence-corrected chi connectivity index (χ4v) is 3.41. The molecule has 0 saturated heterocycles. The molecule has 210 valence electrons. The van der Waals surface area contributed by atoms with E-state index in [0.29, 0.717) is 11.3 Å². The van der Waals surface area contributed by atoms with Crippen molar-refractivity contribution in [2.24, 2.45) is 11.5 Å². The molecule has 4 amide bonds. The van der Waals surface area contributed by atoms with Gasteiger partial charge in [-0.1, -0.05) is 12.1 Å². The van der Waals surface area contributed by atoms with E-state index in [4.69, 9.17) is 11.5 Å². The first-order chi connectivity index (χ1) is 18.3. The highest BCUT2D eigenvalue weighted by Gasteiger charge is 2.32. The number of benzene rings is 1. The lowest BCUT2D eigenvalue weighted by Gasteiger charge is -2.24. The van der Waals surface area contributed by atoms with Gasteiger partial charge in [-0.2, -0.15) is 0 Å². The monoisotopic (exact) mass is 547 g/mol. The van der Waals surface area contributed by atoms with Crippen molar-refractivity contribution in [1.29, 1.82) is 0 Å². The molecule has 0 spiro atoms. The van der Waals surface area contributed by atoms with E-state index >= 15 is 0 Å². The number of hydrogen-bond acceptors (Lipinski definition) is 9. The van der Waals surface area contributed by atoms with Crippen LogP contribution in [0.15, 0.2) is 36.8 Å². The van der Waals surface area contributed by atoms with E-state index in [1.165, 1.54) is 36.8 Å². The molecule has 2 rings (SSSR count). The maximum absolute atomic E-state index is 13.1. The number of aromatic hydroxyl groups is 1. The van der Waals surface area contributed by atoms with E-state index in [-0.39, 0.29) is 18.6 Å². The van der Waals surface area contributed by atoms with Crippen LogP contribution in [0.1, 0.15) is 24.1 Å². The first kappa shape index (κ1) is 30.2.